The maximum Gasteiger partial charge on any atom is 0.243 e. The second-order valence-corrected chi connectivity index (χ2v) is 5.00. The van der Waals surface area contributed by atoms with E-state index in [9.17, 15) is 4.79 Å². The smallest absolute Gasteiger partial charge is 0.243 e. The fourth-order valence-electron chi connectivity index (χ4n) is 2.17. The molecule has 118 valence electrons. The number of nitrogens with one attached hydrogen (secondary N) is 1. The zero-order valence-corrected chi connectivity index (χ0v) is 12.4. The first-order valence-corrected chi connectivity index (χ1v) is 7.28. The summed E-state index contributed by atoms with van der Waals surface area (Å²) in [6.07, 6.45) is 0.747. The van der Waals surface area contributed by atoms with Crippen LogP contribution in [0.2, 0.25) is 0 Å². The van der Waals surface area contributed by atoms with Crippen molar-refractivity contribution in [1.29, 1.82) is 0 Å². The maximum atomic E-state index is 10.9. The molecule has 0 radical (unpaired) electrons. The molecule has 0 aliphatic heterocycles. The number of hydrogen-bond donors (Lipinski definition) is 2. The summed E-state index contributed by atoms with van der Waals surface area (Å²) in [6, 6.07) is 15.0. The summed E-state index contributed by atoms with van der Waals surface area (Å²) in [6.45, 7) is 0.398. The predicted octanol–water partition coefficient (Wildman–Crippen LogP) is 3.16. The van der Waals surface area contributed by atoms with Crippen LogP contribution in [0.5, 0.6) is 5.75 Å². The number of fused-ring (bicyclic) bond motifs is 1. The molecule has 1 amide bonds. The number of benzene rings is 2. The van der Waals surface area contributed by atoms with Gasteiger partial charge in [0.2, 0.25) is 11.8 Å². The van der Waals surface area contributed by atoms with Crippen molar-refractivity contribution in [3.63, 3.8) is 0 Å². The van der Waals surface area contributed by atoms with E-state index < -0.39 is 5.91 Å². The van der Waals surface area contributed by atoms with Crippen molar-refractivity contribution in [2.45, 2.75) is 12.8 Å². The normalized spacial score (nSPS) is 10.7. The molecule has 3 rings (SSSR count). The minimum Gasteiger partial charge on any atom is -0.494 e. The van der Waals surface area contributed by atoms with E-state index in [1.807, 2.05) is 48.5 Å². The number of amides is 1. The van der Waals surface area contributed by atoms with Crippen LogP contribution in [0.4, 0.5) is 0 Å². The van der Waals surface area contributed by atoms with Crippen LogP contribution >= 0.6 is 0 Å². The van der Waals surface area contributed by atoms with Crippen molar-refractivity contribution < 1.29 is 19.2 Å². The molecule has 1 aromatic heterocycles. The average molecular weight is 312 g/mol. The Balaban J connectivity index is 1.61. The highest BCUT2D eigenvalue weighted by Gasteiger charge is 2.07. The van der Waals surface area contributed by atoms with Gasteiger partial charge in [-0.1, -0.05) is 12.1 Å². The van der Waals surface area contributed by atoms with Gasteiger partial charge < -0.3 is 9.15 Å². The molecule has 6 nitrogen and oxygen atoms in total. The van der Waals surface area contributed by atoms with Crippen molar-refractivity contribution in [2.24, 2.45) is 0 Å². The van der Waals surface area contributed by atoms with Crippen molar-refractivity contribution in [3.8, 4) is 17.2 Å². The van der Waals surface area contributed by atoms with E-state index in [0.717, 1.165) is 16.7 Å². The highest BCUT2D eigenvalue weighted by Crippen LogP contribution is 2.25. The van der Waals surface area contributed by atoms with E-state index in [4.69, 9.17) is 14.4 Å². The summed E-state index contributed by atoms with van der Waals surface area (Å²) in [4.78, 5) is 15.3. The van der Waals surface area contributed by atoms with E-state index >= 15 is 0 Å². The van der Waals surface area contributed by atoms with E-state index in [1.54, 1.807) is 5.48 Å². The Labute approximate surface area is 132 Å². The minimum absolute atomic E-state index is 0.220. The molecule has 0 saturated heterocycles. The van der Waals surface area contributed by atoms with Gasteiger partial charge in [0.1, 0.15) is 11.3 Å². The number of ether oxygens (including phenoxy) is 1. The largest absolute Gasteiger partial charge is 0.494 e. The Kier molecular flexibility index (Phi) is 4.54. The lowest BCUT2D eigenvalue weighted by molar-refractivity contribution is -0.129. The Morgan fingerprint density at radius 2 is 1.96 bits per heavy atom. The summed E-state index contributed by atoms with van der Waals surface area (Å²) in [5, 5.41) is 8.39. The third kappa shape index (κ3) is 3.67. The topological polar surface area (TPSA) is 84.6 Å². The Morgan fingerprint density at radius 3 is 2.70 bits per heavy atom. The van der Waals surface area contributed by atoms with Crippen LogP contribution in [-0.4, -0.2) is 22.7 Å². The van der Waals surface area contributed by atoms with E-state index in [-0.39, 0.29) is 6.42 Å². The Hall–Kier alpha value is -2.86. The van der Waals surface area contributed by atoms with Crippen LogP contribution in [0, 0.1) is 0 Å². The number of carbonyl (C=O) groups excluding carboxylic acids is 1. The second kappa shape index (κ2) is 6.93. The van der Waals surface area contributed by atoms with Gasteiger partial charge in [-0.15, -0.1) is 0 Å². The highest BCUT2D eigenvalue weighted by atomic mass is 16.5. The second-order valence-electron chi connectivity index (χ2n) is 5.00. The lowest BCUT2D eigenvalue weighted by Gasteiger charge is -2.05. The first kappa shape index (κ1) is 15.1. The third-order valence-corrected chi connectivity index (χ3v) is 3.34. The number of aromatic nitrogens is 1. The van der Waals surface area contributed by atoms with Gasteiger partial charge in [0, 0.05) is 12.0 Å². The molecule has 0 fully saturated rings. The molecule has 0 aliphatic carbocycles. The van der Waals surface area contributed by atoms with Crippen LogP contribution in [0.15, 0.2) is 52.9 Å². The number of carbonyl (C=O) groups is 1. The molecule has 23 heavy (non-hydrogen) atoms. The number of hydroxylamine groups is 1. The zero-order valence-electron chi connectivity index (χ0n) is 12.4. The van der Waals surface area contributed by atoms with Crippen molar-refractivity contribution in [3.05, 3.63) is 48.5 Å². The highest BCUT2D eigenvalue weighted by molar-refractivity contribution is 5.76. The number of hydrogen-bond acceptors (Lipinski definition) is 5. The van der Waals surface area contributed by atoms with Gasteiger partial charge in [-0.25, -0.2) is 10.5 Å². The summed E-state index contributed by atoms with van der Waals surface area (Å²) < 4.78 is 11.2. The first-order chi connectivity index (χ1) is 11.3. The van der Waals surface area contributed by atoms with Crippen LogP contribution in [0.1, 0.15) is 12.8 Å². The molecule has 0 bridgehead atoms. The number of para-hydroxylation sites is 2. The number of oxazole rings is 1. The van der Waals surface area contributed by atoms with Crippen molar-refractivity contribution in [2.75, 3.05) is 6.61 Å². The van der Waals surface area contributed by atoms with Gasteiger partial charge in [-0.2, -0.15) is 0 Å². The predicted molar refractivity (Wildman–Crippen MR) is 84.1 cm³/mol. The quantitative estimate of drug-likeness (QED) is 0.415. The van der Waals surface area contributed by atoms with Gasteiger partial charge >= 0.3 is 0 Å². The van der Waals surface area contributed by atoms with Gasteiger partial charge in [0.05, 0.1) is 6.61 Å². The molecule has 0 saturated carbocycles. The van der Waals surface area contributed by atoms with Crippen LogP contribution < -0.4 is 10.2 Å². The SMILES string of the molecule is O=C(CCCOc1ccc(-c2nc3ccccc3o2)cc1)NO. The van der Waals surface area contributed by atoms with Gasteiger partial charge in [-0.3, -0.25) is 10.0 Å². The molecule has 0 spiro atoms. The minimum atomic E-state index is -0.417. The van der Waals surface area contributed by atoms with Gasteiger partial charge in [-0.05, 0) is 42.8 Å². The molecule has 0 atom stereocenters. The maximum absolute atomic E-state index is 10.9. The van der Waals surface area contributed by atoms with Crippen LogP contribution in [-0.2, 0) is 4.79 Å². The molecule has 2 aromatic carbocycles. The number of rotatable bonds is 6. The molecule has 6 heteroatoms. The Morgan fingerprint density at radius 1 is 1.17 bits per heavy atom. The molecule has 1 heterocycles. The lowest BCUT2D eigenvalue weighted by atomic mass is 10.2. The first-order valence-electron chi connectivity index (χ1n) is 7.28. The summed E-state index contributed by atoms with van der Waals surface area (Å²) in [5.41, 5.74) is 4.04. The molecule has 0 aliphatic rings. The average Bonchev–Trinajstić information content (AvgIpc) is 3.03. The lowest BCUT2D eigenvalue weighted by Crippen LogP contribution is -2.18. The van der Waals surface area contributed by atoms with Crippen LogP contribution in [0.3, 0.4) is 0 Å². The zero-order chi connectivity index (χ0) is 16.1. The van der Waals surface area contributed by atoms with Crippen molar-refractivity contribution >= 4 is 17.0 Å². The number of nitrogens with zero attached hydrogens (tertiary/aromatic N) is 1. The molecular weight excluding hydrogens is 296 g/mol. The standard InChI is InChI=1S/C17H16N2O4/c20-16(19-21)6-3-11-22-13-9-7-12(8-10-13)17-18-14-4-1-2-5-15(14)23-17/h1-2,4-5,7-10,21H,3,6,11H2,(H,19,20). The molecule has 3 aromatic rings. The van der Waals surface area contributed by atoms with E-state index in [1.165, 1.54) is 0 Å². The summed E-state index contributed by atoms with van der Waals surface area (Å²) >= 11 is 0. The third-order valence-electron chi connectivity index (χ3n) is 3.34. The summed E-state index contributed by atoms with van der Waals surface area (Å²) in [7, 11) is 0. The van der Waals surface area contributed by atoms with E-state index in [0.29, 0.717) is 24.7 Å². The van der Waals surface area contributed by atoms with Gasteiger partial charge in [0.25, 0.3) is 0 Å². The fourth-order valence-corrected chi connectivity index (χ4v) is 2.17. The van der Waals surface area contributed by atoms with Crippen molar-refractivity contribution in [1.82, 2.24) is 10.5 Å². The van der Waals surface area contributed by atoms with Gasteiger partial charge in [0.15, 0.2) is 5.58 Å². The molecule has 0 unspecified atom stereocenters. The molecular formula is C17H16N2O4. The summed E-state index contributed by atoms with van der Waals surface area (Å²) in [5.74, 6) is 0.853. The monoisotopic (exact) mass is 312 g/mol. The Bertz CT molecular complexity index is 763. The fraction of sp³-hybridized carbons (Fsp3) is 0.176. The van der Waals surface area contributed by atoms with E-state index in [2.05, 4.69) is 4.98 Å². The molecule has 2 N–H and O–H groups in total. The van der Waals surface area contributed by atoms with Crippen LogP contribution in [0.25, 0.3) is 22.6 Å².